The van der Waals surface area contributed by atoms with E-state index >= 15 is 0 Å². The molecule has 0 radical (unpaired) electrons. The maximum atomic E-state index is 12.3. The Labute approximate surface area is 147 Å². The van der Waals surface area contributed by atoms with Gasteiger partial charge in [-0.2, -0.15) is 11.8 Å². The Morgan fingerprint density at radius 1 is 1.21 bits per heavy atom. The molecule has 2 saturated heterocycles. The van der Waals surface area contributed by atoms with E-state index in [0.717, 1.165) is 61.8 Å². The molecule has 0 bridgehead atoms. The summed E-state index contributed by atoms with van der Waals surface area (Å²) in [4.78, 5) is 26.4. The number of thioether (sulfide) groups is 1. The molecule has 2 aliphatic rings. The van der Waals surface area contributed by atoms with Crippen LogP contribution in [0.2, 0.25) is 0 Å². The fourth-order valence-electron chi connectivity index (χ4n) is 3.13. The van der Waals surface area contributed by atoms with Crippen LogP contribution in [0.1, 0.15) is 18.4 Å². The molecule has 1 aromatic carbocycles. The molecule has 5 nitrogen and oxygen atoms in total. The predicted octanol–water partition coefficient (Wildman–Crippen LogP) is 1.74. The van der Waals surface area contributed by atoms with Crippen molar-refractivity contribution in [2.24, 2.45) is 5.92 Å². The van der Waals surface area contributed by atoms with E-state index in [2.05, 4.69) is 10.6 Å². The third-order valence-electron chi connectivity index (χ3n) is 4.61. The zero-order valence-corrected chi connectivity index (χ0v) is 14.7. The van der Waals surface area contributed by atoms with Crippen LogP contribution in [-0.4, -0.2) is 54.4 Å². The second-order valence-electron chi connectivity index (χ2n) is 6.40. The topological polar surface area (TPSA) is 61.4 Å². The predicted molar refractivity (Wildman–Crippen MR) is 98.3 cm³/mol. The van der Waals surface area contributed by atoms with E-state index in [1.807, 2.05) is 40.9 Å². The average Bonchev–Trinajstić information content (AvgIpc) is 2.65. The Balaban J connectivity index is 1.51. The van der Waals surface area contributed by atoms with Gasteiger partial charge in [-0.3, -0.25) is 9.59 Å². The van der Waals surface area contributed by atoms with Gasteiger partial charge in [0.25, 0.3) is 0 Å². The Morgan fingerprint density at radius 2 is 1.96 bits per heavy atom. The molecular weight excluding hydrogens is 322 g/mol. The number of carbonyl (C=O) groups is 2. The van der Waals surface area contributed by atoms with Crippen molar-refractivity contribution < 1.29 is 9.59 Å². The van der Waals surface area contributed by atoms with E-state index in [-0.39, 0.29) is 17.7 Å². The molecule has 0 aromatic heterocycles. The number of hydrogen-bond acceptors (Lipinski definition) is 4. The summed E-state index contributed by atoms with van der Waals surface area (Å²) in [7, 11) is 0. The second kappa shape index (κ2) is 8.53. The number of anilines is 1. The lowest BCUT2D eigenvalue weighted by Gasteiger charge is -2.26. The van der Waals surface area contributed by atoms with Crippen LogP contribution in [-0.2, 0) is 16.0 Å². The van der Waals surface area contributed by atoms with Gasteiger partial charge >= 0.3 is 0 Å². The van der Waals surface area contributed by atoms with Crippen LogP contribution in [0.15, 0.2) is 24.3 Å². The van der Waals surface area contributed by atoms with Crippen molar-refractivity contribution in [3.05, 3.63) is 29.8 Å². The highest BCUT2D eigenvalue weighted by Gasteiger charge is 2.21. The van der Waals surface area contributed by atoms with Crippen LogP contribution in [0, 0.1) is 5.92 Å². The molecule has 2 aliphatic heterocycles. The van der Waals surface area contributed by atoms with Crippen LogP contribution in [0.3, 0.4) is 0 Å². The van der Waals surface area contributed by atoms with Gasteiger partial charge in [-0.25, -0.2) is 0 Å². The summed E-state index contributed by atoms with van der Waals surface area (Å²) in [6.45, 7) is 3.47. The molecule has 2 N–H and O–H groups in total. The molecule has 24 heavy (non-hydrogen) atoms. The maximum absolute atomic E-state index is 12.3. The van der Waals surface area contributed by atoms with Gasteiger partial charge in [-0.05, 0) is 37.1 Å². The van der Waals surface area contributed by atoms with Gasteiger partial charge in [0.1, 0.15) is 0 Å². The number of rotatable bonds is 4. The number of nitrogens with zero attached hydrogens (tertiary/aromatic N) is 1. The Kier molecular flexibility index (Phi) is 6.15. The number of nitrogens with one attached hydrogen (secondary N) is 2. The molecule has 2 fully saturated rings. The van der Waals surface area contributed by atoms with E-state index < -0.39 is 0 Å². The molecule has 1 atom stereocenters. The zero-order valence-electron chi connectivity index (χ0n) is 13.9. The lowest BCUT2D eigenvalue weighted by atomic mass is 9.99. The number of amides is 2. The van der Waals surface area contributed by atoms with E-state index in [4.69, 9.17) is 0 Å². The molecule has 0 saturated carbocycles. The first-order chi connectivity index (χ1) is 11.7. The van der Waals surface area contributed by atoms with Crippen molar-refractivity contribution in [1.82, 2.24) is 10.2 Å². The van der Waals surface area contributed by atoms with Crippen LogP contribution in [0.5, 0.6) is 0 Å². The molecule has 6 heteroatoms. The SMILES string of the molecule is O=C(Nc1ccc(CC(=O)N2CCSCC2)cc1)C1CCCNC1. The monoisotopic (exact) mass is 347 g/mol. The molecule has 1 unspecified atom stereocenters. The first-order valence-corrected chi connectivity index (χ1v) is 9.84. The van der Waals surface area contributed by atoms with E-state index in [1.54, 1.807) is 0 Å². The number of carbonyl (C=O) groups excluding carboxylic acids is 2. The van der Waals surface area contributed by atoms with E-state index in [1.165, 1.54) is 0 Å². The summed E-state index contributed by atoms with van der Waals surface area (Å²) in [5, 5.41) is 6.24. The number of piperidine rings is 1. The summed E-state index contributed by atoms with van der Waals surface area (Å²) >= 11 is 1.90. The zero-order chi connectivity index (χ0) is 16.8. The van der Waals surface area contributed by atoms with Gasteiger partial charge in [-0.15, -0.1) is 0 Å². The quantitative estimate of drug-likeness (QED) is 0.871. The summed E-state index contributed by atoms with van der Waals surface area (Å²) < 4.78 is 0. The third kappa shape index (κ3) is 4.74. The van der Waals surface area contributed by atoms with Crippen molar-refractivity contribution in [1.29, 1.82) is 0 Å². The molecule has 0 spiro atoms. The first-order valence-electron chi connectivity index (χ1n) is 8.68. The summed E-state index contributed by atoms with van der Waals surface area (Å²) in [6.07, 6.45) is 2.43. The van der Waals surface area contributed by atoms with Crippen LogP contribution in [0.4, 0.5) is 5.69 Å². The van der Waals surface area contributed by atoms with Gasteiger partial charge in [-0.1, -0.05) is 12.1 Å². The van der Waals surface area contributed by atoms with Crippen LogP contribution < -0.4 is 10.6 Å². The fraction of sp³-hybridized carbons (Fsp3) is 0.556. The minimum absolute atomic E-state index is 0.0528. The molecule has 130 valence electrons. The summed E-state index contributed by atoms with van der Waals surface area (Å²) in [5.41, 5.74) is 1.80. The van der Waals surface area contributed by atoms with Crippen molar-refractivity contribution in [3.8, 4) is 0 Å². The van der Waals surface area contributed by atoms with Gasteiger partial charge in [0.05, 0.1) is 12.3 Å². The Morgan fingerprint density at radius 3 is 2.62 bits per heavy atom. The molecule has 3 rings (SSSR count). The Bertz CT molecular complexity index is 513. The summed E-state index contributed by atoms with van der Waals surface area (Å²) in [6, 6.07) is 7.66. The van der Waals surface area contributed by atoms with Gasteiger partial charge in [0.2, 0.25) is 11.8 Å². The third-order valence-corrected chi connectivity index (χ3v) is 5.55. The van der Waals surface area contributed by atoms with Crippen molar-refractivity contribution >= 4 is 29.3 Å². The molecule has 0 aliphatic carbocycles. The average molecular weight is 347 g/mol. The minimum Gasteiger partial charge on any atom is -0.341 e. The highest BCUT2D eigenvalue weighted by molar-refractivity contribution is 7.99. The lowest BCUT2D eigenvalue weighted by Crippen LogP contribution is -2.38. The van der Waals surface area contributed by atoms with Crippen molar-refractivity contribution in [2.75, 3.05) is 43.0 Å². The highest BCUT2D eigenvalue weighted by Crippen LogP contribution is 2.16. The van der Waals surface area contributed by atoms with Gasteiger partial charge in [0.15, 0.2) is 0 Å². The van der Waals surface area contributed by atoms with Gasteiger partial charge < -0.3 is 15.5 Å². The molecule has 1 aromatic rings. The highest BCUT2D eigenvalue weighted by atomic mass is 32.2. The molecule has 2 amide bonds. The normalized spacial score (nSPS) is 21.3. The van der Waals surface area contributed by atoms with E-state index in [0.29, 0.717) is 6.42 Å². The number of hydrogen-bond donors (Lipinski definition) is 2. The molecule has 2 heterocycles. The fourth-order valence-corrected chi connectivity index (χ4v) is 4.03. The lowest BCUT2D eigenvalue weighted by molar-refractivity contribution is -0.130. The standard InChI is InChI=1S/C18H25N3O2S/c22-17(21-8-10-24-11-9-21)12-14-3-5-16(6-4-14)20-18(23)15-2-1-7-19-13-15/h3-6,15,19H,1-2,7-13H2,(H,20,23). The number of benzene rings is 1. The largest absolute Gasteiger partial charge is 0.341 e. The Hall–Kier alpha value is -1.53. The molecular formula is C18H25N3O2S. The van der Waals surface area contributed by atoms with Crippen LogP contribution >= 0.6 is 11.8 Å². The van der Waals surface area contributed by atoms with Gasteiger partial charge in [0, 0.05) is 36.8 Å². The van der Waals surface area contributed by atoms with Crippen molar-refractivity contribution in [3.63, 3.8) is 0 Å². The van der Waals surface area contributed by atoms with Crippen LogP contribution in [0.25, 0.3) is 0 Å². The van der Waals surface area contributed by atoms with Crippen molar-refractivity contribution in [2.45, 2.75) is 19.3 Å². The first kappa shape index (κ1) is 17.3. The second-order valence-corrected chi connectivity index (χ2v) is 7.62. The minimum atomic E-state index is 0.0528. The van der Waals surface area contributed by atoms with E-state index in [9.17, 15) is 9.59 Å². The summed E-state index contributed by atoms with van der Waals surface area (Å²) in [5.74, 6) is 2.40. The smallest absolute Gasteiger partial charge is 0.228 e. The maximum Gasteiger partial charge on any atom is 0.228 e.